The smallest absolute Gasteiger partial charge is 0.232 e. The second-order valence-electron chi connectivity index (χ2n) is 5.37. The summed E-state index contributed by atoms with van der Waals surface area (Å²) in [5, 5.41) is 3.27. The van der Waals surface area contributed by atoms with E-state index in [-0.39, 0.29) is 5.75 Å². The van der Waals surface area contributed by atoms with Gasteiger partial charge >= 0.3 is 0 Å². The molecule has 1 aromatic carbocycles. The van der Waals surface area contributed by atoms with E-state index in [1.807, 2.05) is 12.1 Å². The average Bonchev–Trinajstić information content (AvgIpc) is 2.38. The fourth-order valence-corrected chi connectivity index (χ4v) is 3.10. The van der Waals surface area contributed by atoms with E-state index < -0.39 is 10.0 Å². The van der Waals surface area contributed by atoms with Crippen LogP contribution in [0.25, 0.3) is 0 Å². The van der Waals surface area contributed by atoms with E-state index in [2.05, 4.69) is 23.9 Å². The van der Waals surface area contributed by atoms with Crippen molar-refractivity contribution in [3.05, 3.63) is 29.8 Å². The highest BCUT2D eigenvalue weighted by molar-refractivity contribution is 7.92. The van der Waals surface area contributed by atoms with Crippen LogP contribution in [0.5, 0.6) is 0 Å². The molecule has 0 heterocycles. The summed E-state index contributed by atoms with van der Waals surface area (Å²) in [6, 6.07) is 7.69. The number of anilines is 1. The van der Waals surface area contributed by atoms with Crippen LogP contribution in [0.1, 0.15) is 32.3 Å². The zero-order valence-electron chi connectivity index (χ0n) is 13.1. The number of methoxy groups -OCH3 is 1. The first-order chi connectivity index (χ1) is 9.93. The van der Waals surface area contributed by atoms with Crippen LogP contribution >= 0.6 is 0 Å². The highest BCUT2D eigenvalue weighted by atomic mass is 32.2. The van der Waals surface area contributed by atoms with Crippen LogP contribution in [0.4, 0.5) is 5.69 Å². The summed E-state index contributed by atoms with van der Waals surface area (Å²) in [4.78, 5) is 0. The molecule has 1 aromatic rings. The number of unbranched alkanes of at least 4 members (excludes halogenated alkanes) is 1. The van der Waals surface area contributed by atoms with Crippen LogP contribution in [0.3, 0.4) is 0 Å². The predicted molar refractivity (Wildman–Crippen MR) is 86.9 cm³/mol. The Morgan fingerprint density at radius 1 is 1.24 bits per heavy atom. The Balaban J connectivity index is 2.43. The fraction of sp³-hybridized carbons (Fsp3) is 0.600. The Hall–Kier alpha value is -1.11. The van der Waals surface area contributed by atoms with Gasteiger partial charge in [0, 0.05) is 18.8 Å². The third-order valence-corrected chi connectivity index (χ3v) is 4.28. The Bertz CT molecular complexity index is 515. The highest BCUT2D eigenvalue weighted by Crippen LogP contribution is 2.13. The highest BCUT2D eigenvalue weighted by Gasteiger charge is 2.10. The van der Waals surface area contributed by atoms with Gasteiger partial charge in [0.15, 0.2) is 0 Å². The molecular formula is C15H26N2O3S. The Morgan fingerprint density at radius 3 is 2.67 bits per heavy atom. The summed E-state index contributed by atoms with van der Waals surface area (Å²) >= 11 is 0. The van der Waals surface area contributed by atoms with Crippen LogP contribution in [0.2, 0.25) is 0 Å². The van der Waals surface area contributed by atoms with Crippen molar-refractivity contribution in [2.45, 2.75) is 39.3 Å². The van der Waals surface area contributed by atoms with Gasteiger partial charge in [0.25, 0.3) is 0 Å². The molecule has 120 valence electrons. The van der Waals surface area contributed by atoms with Crippen LogP contribution < -0.4 is 10.0 Å². The Morgan fingerprint density at radius 2 is 2.00 bits per heavy atom. The second-order valence-corrected chi connectivity index (χ2v) is 7.21. The van der Waals surface area contributed by atoms with E-state index in [4.69, 9.17) is 4.74 Å². The molecule has 0 aliphatic carbocycles. The maximum atomic E-state index is 12.0. The van der Waals surface area contributed by atoms with Crippen molar-refractivity contribution in [3.8, 4) is 0 Å². The minimum atomic E-state index is -3.29. The van der Waals surface area contributed by atoms with Gasteiger partial charge in [0.1, 0.15) is 0 Å². The topological polar surface area (TPSA) is 67.4 Å². The summed E-state index contributed by atoms with van der Waals surface area (Å²) < 4.78 is 31.7. The SMILES string of the molecule is COCc1cccc(NS(=O)(=O)CCCCNC(C)C)c1. The van der Waals surface area contributed by atoms with Gasteiger partial charge in [-0.3, -0.25) is 4.72 Å². The predicted octanol–water partition coefficient (Wildman–Crippen LogP) is 2.35. The minimum absolute atomic E-state index is 0.140. The number of hydrogen-bond acceptors (Lipinski definition) is 4. The summed E-state index contributed by atoms with van der Waals surface area (Å²) in [5.74, 6) is 0.140. The normalized spacial score (nSPS) is 11.8. The second kappa shape index (κ2) is 9.02. The van der Waals surface area contributed by atoms with Gasteiger partial charge in [-0.1, -0.05) is 26.0 Å². The van der Waals surface area contributed by atoms with Crippen LogP contribution in [-0.4, -0.2) is 33.9 Å². The minimum Gasteiger partial charge on any atom is -0.380 e. The van der Waals surface area contributed by atoms with Crippen LogP contribution in [0.15, 0.2) is 24.3 Å². The molecule has 0 radical (unpaired) electrons. The van der Waals surface area contributed by atoms with Gasteiger partial charge in [-0.15, -0.1) is 0 Å². The van der Waals surface area contributed by atoms with Crippen molar-refractivity contribution in [2.75, 3.05) is 24.1 Å². The van der Waals surface area contributed by atoms with Gasteiger partial charge in [0.2, 0.25) is 10.0 Å². The molecule has 1 rings (SSSR count). The molecule has 0 saturated carbocycles. The monoisotopic (exact) mass is 314 g/mol. The largest absolute Gasteiger partial charge is 0.380 e. The lowest BCUT2D eigenvalue weighted by molar-refractivity contribution is 0.185. The van der Waals surface area contributed by atoms with E-state index in [1.165, 1.54) is 0 Å². The molecule has 0 amide bonds. The number of nitrogens with one attached hydrogen (secondary N) is 2. The van der Waals surface area contributed by atoms with E-state index in [1.54, 1.807) is 19.2 Å². The molecule has 0 saturated heterocycles. The molecule has 0 spiro atoms. The summed E-state index contributed by atoms with van der Waals surface area (Å²) in [7, 11) is -1.67. The first-order valence-electron chi connectivity index (χ1n) is 7.24. The molecule has 6 heteroatoms. The third kappa shape index (κ3) is 8.04. The van der Waals surface area contributed by atoms with Gasteiger partial charge < -0.3 is 10.1 Å². The summed E-state index contributed by atoms with van der Waals surface area (Å²) in [5.41, 5.74) is 1.53. The fourth-order valence-electron chi connectivity index (χ4n) is 1.93. The zero-order chi connectivity index (χ0) is 15.7. The molecule has 21 heavy (non-hydrogen) atoms. The van der Waals surface area contributed by atoms with E-state index in [0.29, 0.717) is 24.8 Å². The molecule has 0 aliphatic rings. The van der Waals surface area contributed by atoms with E-state index >= 15 is 0 Å². The number of ether oxygens (including phenoxy) is 1. The lowest BCUT2D eigenvalue weighted by atomic mass is 10.2. The standard InChI is InChI=1S/C15H26N2O3S/c1-13(2)16-9-4-5-10-21(18,19)17-15-8-6-7-14(11-15)12-20-3/h6-8,11,13,16-17H,4-5,9-10,12H2,1-3H3. The average molecular weight is 314 g/mol. The molecule has 0 aliphatic heterocycles. The Kier molecular flexibility index (Phi) is 7.71. The lowest BCUT2D eigenvalue weighted by Crippen LogP contribution is -2.24. The first kappa shape index (κ1) is 17.9. The van der Waals surface area contributed by atoms with Crippen molar-refractivity contribution in [3.63, 3.8) is 0 Å². The Labute approximate surface area is 128 Å². The van der Waals surface area contributed by atoms with Crippen LogP contribution in [-0.2, 0) is 21.4 Å². The molecule has 0 fully saturated rings. The number of benzene rings is 1. The van der Waals surface area contributed by atoms with Crippen molar-refractivity contribution >= 4 is 15.7 Å². The molecule has 2 N–H and O–H groups in total. The van der Waals surface area contributed by atoms with Gasteiger partial charge in [-0.05, 0) is 37.1 Å². The number of sulfonamides is 1. The third-order valence-electron chi connectivity index (χ3n) is 2.90. The van der Waals surface area contributed by atoms with Gasteiger partial charge in [0.05, 0.1) is 12.4 Å². The first-order valence-corrected chi connectivity index (χ1v) is 8.90. The zero-order valence-corrected chi connectivity index (χ0v) is 13.9. The van der Waals surface area contributed by atoms with E-state index in [9.17, 15) is 8.42 Å². The summed E-state index contributed by atoms with van der Waals surface area (Å²) in [6.45, 7) is 5.46. The van der Waals surface area contributed by atoms with Crippen molar-refractivity contribution in [2.24, 2.45) is 0 Å². The van der Waals surface area contributed by atoms with Crippen molar-refractivity contribution in [1.82, 2.24) is 5.32 Å². The van der Waals surface area contributed by atoms with Crippen molar-refractivity contribution in [1.29, 1.82) is 0 Å². The maximum absolute atomic E-state index is 12.0. The molecular weight excluding hydrogens is 288 g/mol. The quantitative estimate of drug-likeness (QED) is 0.651. The number of rotatable bonds is 10. The molecule has 0 bridgehead atoms. The molecule has 0 unspecified atom stereocenters. The molecule has 0 atom stereocenters. The van der Waals surface area contributed by atoms with Crippen molar-refractivity contribution < 1.29 is 13.2 Å². The van der Waals surface area contributed by atoms with Crippen LogP contribution in [0, 0.1) is 0 Å². The van der Waals surface area contributed by atoms with Gasteiger partial charge in [-0.2, -0.15) is 0 Å². The maximum Gasteiger partial charge on any atom is 0.232 e. The summed E-state index contributed by atoms with van der Waals surface area (Å²) in [6.07, 6.45) is 1.50. The number of hydrogen-bond donors (Lipinski definition) is 2. The van der Waals surface area contributed by atoms with E-state index in [0.717, 1.165) is 18.5 Å². The van der Waals surface area contributed by atoms with Gasteiger partial charge in [-0.25, -0.2) is 8.42 Å². The molecule has 5 nitrogen and oxygen atoms in total. The molecule has 0 aromatic heterocycles. The lowest BCUT2D eigenvalue weighted by Gasteiger charge is -2.10.